The molecule has 13 heteroatoms. The van der Waals surface area contributed by atoms with Crippen molar-refractivity contribution >= 4 is 12.9 Å². The van der Waals surface area contributed by atoms with Crippen LogP contribution in [0.15, 0.2) is 47.9 Å². The molecule has 0 saturated carbocycles. The largest absolute Gasteiger partial charge is 0.483 e. The lowest BCUT2D eigenvalue weighted by Gasteiger charge is -2.06. The van der Waals surface area contributed by atoms with Gasteiger partial charge in [0.05, 0.1) is 18.0 Å². The van der Waals surface area contributed by atoms with E-state index in [2.05, 4.69) is 36.6 Å². The molecule has 0 aliphatic heterocycles. The van der Waals surface area contributed by atoms with Gasteiger partial charge in [0.15, 0.2) is 5.82 Å². The Morgan fingerprint density at radius 1 is 1.18 bits per heavy atom. The van der Waals surface area contributed by atoms with Crippen LogP contribution in [0.1, 0.15) is 18.6 Å². The minimum atomic E-state index is -0.250. The molecule has 0 fully saturated rings. The lowest BCUT2D eigenvalue weighted by atomic mass is 10.3. The van der Waals surface area contributed by atoms with Gasteiger partial charge >= 0.3 is 0 Å². The number of hydrogen-bond donors (Lipinski definition) is 3. The number of nitrogens with zero attached hydrogens (tertiary/aromatic N) is 7. The van der Waals surface area contributed by atoms with Gasteiger partial charge in [-0.2, -0.15) is 5.10 Å². The molecular weight excluding hydrogens is 432 g/mol. The quantitative estimate of drug-likeness (QED) is 0.354. The number of carbonyl (C=O) groups is 2. The first kappa shape index (κ1) is 24.7. The van der Waals surface area contributed by atoms with Crippen molar-refractivity contribution in [2.75, 3.05) is 0 Å². The molecule has 0 aliphatic rings. The SMILES string of the molecule is CCc1nccn1CCc1nc(-c2ccc[nH]c2=O)nn1-c1cnn(C)c1.O=CO.O=CO. The van der Waals surface area contributed by atoms with E-state index in [0.717, 1.165) is 30.3 Å². The summed E-state index contributed by atoms with van der Waals surface area (Å²) in [6.07, 6.45) is 10.5. The smallest absolute Gasteiger partial charge is 0.290 e. The summed E-state index contributed by atoms with van der Waals surface area (Å²) in [4.78, 5) is 40.5. The molecule has 0 atom stereocenters. The molecule has 0 aromatic carbocycles. The standard InChI is InChI=1S/C18H20N8O.2CH2O2/c1-3-15-19-8-10-25(15)9-6-16-22-17(14-5-4-7-20-18(14)27)23-26(16)13-11-21-24(2)12-13;2*2-1-3/h4-5,7-8,10-12H,3,6,9H2,1-2H3,(H,20,27);2*1H,(H,2,3). The zero-order valence-corrected chi connectivity index (χ0v) is 18.1. The number of aromatic amines is 1. The third kappa shape index (κ3) is 6.46. The van der Waals surface area contributed by atoms with Gasteiger partial charge in [0.2, 0.25) is 0 Å². The molecule has 0 unspecified atom stereocenters. The number of rotatable bonds is 6. The molecule has 0 radical (unpaired) electrons. The fraction of sp³-hybridized carbons (Fsp3) is 0.250. The highest BCUT2D eigenvalue weighted by molar-refractivity contribution is 5.53. The number of aromatic nitrogens is 8. The second-order valence-corrected chi connectivity index (χ2v) is 6.40. The molecular formula is C20H24N8O5. The first-order valence-corrected chi connectivity index (χ1v) is 9.77. The maximum atomic E-state index is 12.1. The van der Waals surface area contributed by atoms with Crippen molar-refractivity contribution in [1.82, 2.24) is 39.1 Å². The maximum Gasteiger partial charge on any atom is 0.290 e. The van der Waals surface area contributed by atoms with Crippen LogP contribution >= 0.6 is 0 Å². The molecule has 4 aromatic rings. The van der Waals surface area contributed by atoms with Crippen LogP contribution in [0.25, 0.3) is 17.1 Å². The molecule has 0 amide bonds. The monoisotopic (exact) mass is 456 g/mol. The number of aryl methyl sites for hydroxylation is 4. The molecule has 0 saturated heterocycles. The van der Waals surface area contributed by atoms with Crippen molar-refractivity contribution in [1.29, 1.82) is 0 Å². The highest BCUT2D eigenvalue weighted by Gasteiger charge is 2.16. The minimum Gasteiger partial charge on any atom is -0.483 e. The Morgan fingerprint density at radius 2 is 1.91 bits per heavy atom. The summed E-state index contributed by atoms with van der Waals surface area (Å²) in [7, 11) is 1.85. The number of nitrogens with one attached hydrogen (secondary N) is 1. The predicted octanol–water partition coefficient (Wildman–Crippen LogP) is 0.759. The molecule has 0 aliphatic carbocycles. The van der Waals surface area contributed by atoms with Gasteiger partial charge in [-0.15, -0.1) is 5.10 Å². The summed E-state index contributed by atoms with van der Waals surface area (Å²) in [5.74, 6) is 2.19. The molecule has 4 rings (SSSR count). The van der Waals surface area contributed by atoms with E-state index >= 15 is 0 Å². The van der Waals surface area contributed by atoms with Crippen molar-refractivity contribution in [3.63, 3.8) is 0 Å². The van der Waals surface area contributed by atoms with Crippen LogP contribution in [0.5, 0.6) is 0 Å². The van der Waals surface area contributed by atoms with Crippen LogP contribution in [0, 0.1) is 0 Å². The third-order valence-corrected chi connectivity index (χ3v) is 4.36. The molecule has 174 valence electrons. The van der Waals surface area contributed by atoms with Gasteiger partial charge in [0.25, 0.3) is 18.5 Å². The van der Waals surface area contributed by atoms with Gasteiger partial charge in [0, 0.05) is 45.0 Å². The minimum absolute atomic E-state index is 0.213. The topological polar surface area (TPSA) is 174 Å². The summed E-state index contributed by atoms with van der Waals surface area (Å²) in [5.41, 5.74) is 1.04. The molecule has 0 spiro atoms. The molecule has 0 bridgehead atoms. The second kappa shape index (κ2) is 12.3. The molecule has 13 nitrogen and oxygen atoms in total. The Balaban J connectivity index is 0.000000582. The van der Waals surface area contributed by atoms with Crippen molar-refractivity contribution in [3.8, 4) is 17.1 Å². The van der Waals surface area contributed by atoms with Crippen LogP contribution < -0.4 is 5.56 Å². The first-order chi connectivity index (χ1) is 16.0. The van der Waals surface area contributed by atoms with Gasteiger partial charge in [-0.25, -0.2) is 14.6 Å². The normalized spacial score (nSPS) is 9.88. The highest BCUT2D eigenvalue weighted by Crippen LogP contribution is 2.16. The van der Waals surface area contributed by atoms with Gasteiger partial charge in [0.1, 0.15) is 17.3 Å². The first-order valence-electron chi connectivity index (χ1n) is 9.77. The molecule has 33 heavy (non-hydrogen) atoms. The van der Waals surface area contributed by atoms with Crippen LogP contribution in [0.3, 0.4) is 0 Å². The Kier molecular flexibility index (Phi) is 9.24. The zero-order chi connectivity index (χ0) is 24.2. The van der Waals surface area contributed by atoms with Crippen molar-refractivity contribution < 1.29 is 19.8 Å². The number of hydrogen-bond acceptors (Lipinski definition) is 7. The summed E-state index contributed by atoms with van der Waals surface area (Å²) < 4.78 is 5.56. The predicted molar refractivity (Wildman–Crippen MR) is 117 cm³/mol. The fourth-order valence-electron chi connectivity index (χ4n) is 3.02. The van der Waals surface area contributed by atoms with E-state index in [1.54, 1.807) is 40.1 Å². The average Bonchev–Trinajstić information content (AvgIpc) is 3.53. The van der Waals surface area contributed by atoms with E-state index in [4.69, 9.17) is 19.8 Å². The summed E-state index contributed by atoms with van der Waals surface area (Å²) in [6, 6.07) is 3.48. The highest BCUT2D eigenvalue weighted by atomic mass is 16.3. The van der Waals surface area contributed by atoms with Crippen molar-refractivity contribution in [2.45, 2.75) is 26.3 Å². The lowest BCUT2D eigenvalue weighted by molar-refractivity contribution is -0.123. The number of carboxylic acid groups (broad SMARTS) is 2. The van der Waals surface area contributed by atoms with E-state index in [1.165, 1.54) is 0 Å². The molecule has 3 N–H and O–H groups in total. The Morgan fingerprint density at radius 3 is 2.52 bits per heavy atom. The lowest BCUT2D eigenvalue weighted by Crippen LogP contribution is -2.09. The second-order valence-electron chi connectivity index (χ2n) is 6.40. The van der Waals surface area contributed by atoms with Gasteiger partial charge in [-0.05, 0) is 12.1 Å². The summed E-state index contributed by atoms with van der Waals surface area (Å²) in [5, 5.41) is 22.6. The summed E-state index contributed by atoms with van der Waals surface area (Å²) >= 11 is 0. The van der Waals surface area contributed by atoms with Crippen LogP contribution in [-0.4, -0.2) is 62.2 Å². The van der Waals surface area contributed by atoms with Crippen molar-refractivity contribution in [2.24, 2.45) is 7.05 Å². The van der Waals surface area contributed by atoms with Crippen molar-refractivity contribution in [3.05, 3.63) is 65.1 Å². The third-order valence-electron chi connectivity index (χ3n) is 4.36. The fourth-order valence-corrected chi connectivity index (χ4v) is 3.02. The average molecular weight is 456 g/mol. The van der Waals surface area contributed by atoms with E-state index in [-0.39, 0.29) is 18.5 Å². The van der Waals surface area contributed by atoms with E-state index < -0.39 is 0 Å². The van der Waals surface area contributed by atoms with Gasteiger partial charge < -0.3 is 19.8 Å². The Bertz CT molecular complexity index is 1220. The van der Waals surface area contributed by atoms with Gasteiger partial charge in [-0.1, -0.05) is 6.92 Å². The molecule has 4 heterocycles. The summed E-state index contributed by atoms with van der Waals surface area (Å²) in [6.45, 7) is 2.31. The van der Waals surface area contributed by atoms with Crippen LogP contribution in [0.4, 0.5) is 0 Å². The van der Waals surface area contributed by atoms with Crippen LogP contribution in [0.2, 0.25) is 0 Å². The number of imidazole rings is 1. The Labute approximate surface area is 188 Å². The van der Waals surface area contributed by atoms with E-state index in [9.17, 15) is 4.79 Å². The van der Waals surface area contributed by atoms with E-state index in [0.29, 0.717) is 17.8 Å². The number of H-pyrrole nitrogens is 1. The molecule has 4 aromatic heterocycles. The Hall–Kier alpha value is -4.55. The van der Waals surface area contributed by atoms with Crippen LogP contribution in [-0.2, 0) is 36.0 Å². The number of pyridine rings is 1. The van der Waals surface area contributed by atoms with E-state index in [1.807, 2.05) is 19.4 Å². The zero-order valence-electron chi connectivity index (χ0n) is 18.1. The maximum absolute atomic E-state index is 12.1. The van der Waals surface area contributed by atoms with Gasteiger partial charge in [-0.3, -0.25) is 19.1 Å².